The molecule has 1 atom stereocenters. The molecule has 1 saturated heterocycles. The summed E-state index contributed by atoms with van der Waals surface area (Å²) in [5.41, 5.74) is 0. The van der Waals surface area contributed by atoms with Gasteiger partial charge >= 0.3 is 0 Å². The van der Waals surface area contributed by atoms with Gasteiger partial charge in [0.1, 0.15) is 0 Å². The predicted octanol–water partition coefficient (Wildman–Crippen LogP) is 0.296. The summed E-state index contributed by atoms with van der Waals surface area (Å²) < 4.78 is 0. The van der Waals surface area contributed by atoms with Gasteiger partial charge in [-0.1, -0.05) is 6.92 Å². The maximum Gasteiger partial charge on any atom is 0.229 e. The number of amides is 2. The van der Waals surface area contributed by atoms with Crippen LogP contribution in [0.1, 0.15) is 32.6 Å². The fraction of sp³-hybridized carbons (Fsp3) is 0.778. The number of carbonyl (C=O) groups is 2. The third-order valence-electron chi connectivity index (χ3n) is 2.25. The molecule has 1 N–H and O–H groups in total. The molecule has 0 aromatic carbocycles. The smallest absolute Gasteiger partial charge is 0.229 e. The lowest BCUT2D eigenvalue weighted by Gasteiger charge is -2.26. The van der Waals surface area contributed by atoms with Crippen molar-refractivity contribution in [3.05, 3.63) is 0 Å². The van der Waals surface area contributed by atoms with Crippen LogP contribution in [0, 0.1) is 0 Å². The van der Waals surface area contributed by atoms with Gasteiger partial charge in [-0.15, -0.1) is 0 Å². The van der Waals surface area contributed by atoms with Crippen molar-refractivity contribution in [3.63, 3.8) is 0 Å². The van der Waals surface area contributed by atoms with Crippen molar-refractivity contribution < 1.29 is 14.7 Å². The Morgan fingerprint density at radius 3 is 2.38 bits per heavy atom. The maximum absolute atomic E-state index is 11.3. The highest BCUT2D eigenvalue weighted by atomic mass is 16.3. The topological polar surface area (TPSA) is 57.6 Å². The van der Waals surface area contributed by atoms with Crippen molar-refractivity contribution in [2.45, 2.75) is 38.7 Å². The highest BCUT2D eigenvalue weighted by molar-refractivity contribution is 5.97. The van der Waals surface area contributed by atoms with Gasteiger partial charge in [0.2, 0.25) is 11.8 Å². The number of rotatable bonds is 3. The Balaban J connectivity index is 2.54. The van der Waals surface area contributed by atoms with Crippen molar-refractivity contribution in [2.75, 3.05) is 6.54 Å². The Labute approximate surface area is 77.5 Å². The molecular formula is C9H15NO3. The molecule has 0 radical (unpaired) electrons. The van der Waals surface area contributed by atoms with Crippen molar-refractivity contribution in [3.8, 4) is 0 Å². The molecule has 0 aromatic rings. The monoisotopic (exact) mass is 185 g/mol. The number of carbonyl (C=O) groups excluding carboxylic acids is 2. The highest BCUT2D eigenvalue weighted by Gasteiger charge is 2.26. The van der Waals surface area contributed by atoms with Crippen LogP contribution >= 0.6 is 0 Å². The number of imide groups is 1. The molecule has 1 aliphatic rings. The summed E-state index contributed by atoms with van der Waals surface area (Å²) in [6.45, 7) is 1.98. The lowest BCUT2D eigenvalue weighted by atomic mass is 10.1. The van der Waals surface area contributed by atoms with E-state index < -0.39 is 6.10 Å². The second-order valence-corrected chi connectivity index (χ2v) is 3.31. The minimum atomic E-state index is -0.578. The van der Waals surface area contributed by atoms with E-state index in [1.165, 1.54) is 4.90 Å². The van der Waals surface area contributed by atoms with Gasteiger partial charge in [-0.25, -0.2) is 0 Å². The quantitative estimate of drug-likeness (QED) is 0.643. The van der Waals surface area contributed by atoms with E-state index in [2.05, 4.69) is 0 Å². The lowest BCUT2D eigenvalue weighted by molar-refractivity contribution is -0.149. The van der Waals surface area contributed by atoms with Gasteiger partial charge in [-0.05, 0) is 12.8 Å². The Morgan fingerprint density at radius 1 is 1.38 bits per heavy atom. The van der Waals surface area contributed by atoms with E-state index >= 15 is 0 Å². The van der Waals surface area contributed by atoms with Crippen LogP contribution < -0.4 is 0 Å². The summed E-state index contributed by atoms with van der Waals surface area (Å²) >= 11 is 0. The van der Waals surface area contributed by atoms with E-state index in [1.54, 1.807) is 0 Å². The molecule has 1 unspecified atom stereocenters. The minimum absolute atomic E-state index is 0.149. The summed E-state index contributed by atoms with van der Waals surface area (Å²) in [7, 11) is 0. The second-order valence-electron chi connectivity index (χ2n) is 3.31. The fourth-order valence-electron chi connectivity index (χ4n) is 1.34. The molecule has 0 saturated carbocycles. The first-order chi connectivity index (χ1) is 6.15. The maximum atomic E-state index is 11.3. The van der Waals surface area contributed by atoms with E-state index in [1.807, 2.05) is 6.92 Å². The number of hydrogen-bond donors (Lipinski definition) is 1. The largest absolute Gasteiger partial charge is 0.391 e. The zero-order valence-corrected chi connectivity index (χ0v) is 7.82. The Kier molecular flexibility index (Phi) is 3.42. The van der Waals surface area contributed by atoms with Crippen molar-refractivity contribution in [2.24, 2.45) is 0 Å². The standard InChI is InChI=1S/C9H15NO3/c1-2-7(11)6-10-8(12)4-3-5-9(10)13/h7,11H,2-6H2,1H3. The second kappa shape index (κ2) is 4.37. The zero-order chi connectivity index (χ0) is 9.84. The Hall–Kier alpha value is -0.900. The van der Waals surface area contributed by atoms with Gasteiger partial charge in [0.25, 0.3) is 0 Å². The molecular weight excluding hydrogens is 170 g/mol. The average molecular weight is 185 g/mol. The zero-order valence-electron chi connectivity index (χ0n) is 7.82. The molecule has 1 fully saturated rings. The molecule has 13 heavy (non-hydrogen) atoms. The number of aliphatic hydroxyl groups excluding tert-OH is 1. The summed E-state index contributed by atoms with van der Waals surface area (Å²) in [4.78, 5) is 23.7. The van der Waals surface area contributed by atoms with Crippen LogP contribution in [0.25, 0.3) is 0 Å². The number of hydrogen-bond acceptors (Lipinski definition) is 3. The first-order valence-electron chi connectivity index (χ1n) is 4.66. The molecule has 0 spiro atoms. The van der Waals surface area contributed by atoms with E-state index in [-0.39, 0.29) is 18.4 Å². The first kappa shape index (κ1) is 10.2. The molecule has 74 valence electrons. The fourth-order valence-corrected chi connectivity index (χ4v) is 1.34. The molecule has 1 heterocycles. The van der Waals surface area contributed by atoms with E-state index in [0.29, 0.717) is 25.7 Å². The Morgan fingerprint density at radius 2 is 1.92 bits per heavy atom. The molecule has 1 rings (SSSR count). The van der Waals surface area contributed by atoms with Gasteiger partial charge in [0.05, 0.1) is 12.6 Å². The van der Waals surface area contributed by atoms with Crippen LogP contribution in [0.4, 0.5) is 0 Å². The predicted molar refractivity (Wildman–Crippen MR) is 46.9 cm³/mol. The van der Waals surface area contributed by atoms with Crippen LogP contribution in [0.5, 0.6) is 0 Å². The van der Waals surface area contributed by atoms with E-state index in [0.717, 1.165) is 0 Å². The number of nitrogens with zero attached hydrogens (tertiary/aromatic N) is 1. The molecule has 2 amide bonds. The van der Waals surface area contributed by atoms with Crippen molar-refractivity contribution in [1.29, 1.82) is 0 Å². The molecule has 4 nitrogen and oxygen atoms in total. The highest BCUT2D eigenvalue weighted by Crippen LogP contribution is 2.12. The third-order valence-corrected chi connectivity index (χ3v) is 2.25. The van der Waals surface area contributed by atoms with Crippen LogP contribution in [0.2, 0.25) is 0 Å². The molecule has 0 aliphatic carbocycles. The van der Waals surface area contributed by atoms with Crippen molar-refractivity contribution in [1.82, 2.24) is 4.90 Å². The number of β-amino-alcohol motifs (C(OH)–C–C–N with tert-alkyl or cyclic N) is 1. The third kappa shape index (κ3) is 2.52. The van der Waals surface area contributed by atoms with Crippen LogP contribution in [-0.2, 0) is 9.59 Å². The molecule has 0 aromatic heterocycles. The summed E-state index contributed by atoms with van der Waals surface area (Å²) in [6.07, 6.45) is 1.50. The molecule has 1 aliphatic heterocycles. The first-order valence-corrected chi connectivity index (χ1v) is 4.66. The van der Waals surface area contributed by atoms with Gasteiger partial charge in [-0.2, -0.15) is 0 Å². The number of likely N-dealkylation sites (tertiary alicyclic amines) is 1. The summed E-state index contributed by atoms with van der Waals surface area (Å²) in [6, 6.07) is 0. The van der Waals surface area contributed by atoms with E-state index in [4.69, 9.17) is 0 Å². The number of piperidine rings is 1. The molecule has 0 bridgehead atoms. The normalized spacial score (nSPS) is 20.6. The molecule has 4 heteroatoms. The van der Waals surface area contributed by atoms with Crippen LogP contribution in [0.3, 0.4) is 0 Å². The van der Waals surface area contributed by atoms with Crippen LogP contribution in [0.15, 0.2) is 0 Å². The van der Waals surface area contributed by atoms with E-state index in [9.17, 15) is 14.7 Å². The summed E-state index contributed by atoms with van der Waals surface area (Å²) in [5.74, 6) is -0.299. The van der Waals surface area contributed by atoms with Gasteiger partial charge in [-0.3, -0.25) is 14.5 Å². The number of aliphatic hydroxyl groups is 1. The lowest BCUT2D eigenvalue weighted by Crippen LogP contribution is -2.44. The van der Waals surface area contributed by atoms with Crippen molar-refractivity contribution >= 4 is 11.8 Å². The summed E-state index contributed by atoms with van der Waals surface area (Å²) in [5, 5.41) is 9.30. The Bertz CT molecular complexity index is 199. The SMILES string of the molecule is CCC(O)CN1C(=O)CCCC1=O. The van der Waals surface area contributed by atoms with Crippen LogP contribution in [-0.4, -0.2) is 34.5 Å². The van der Waals surface area contributed by atoms with Gasteiger partial charge in [0.15, 0.2) is 0 Å². The average Bonchev–Trinajstić information content (AvgIpc) is 2.11. The van der Waals surface area contributed by atoms with Gasteiger partial charge < -0.3 is 5.11 Å². The van der Waals surface area contributed by atoms with Gasteiger partial charge in [0, 0.05) is 12.8 Å². The minimum Gasteiger partial charge on any atom is -0.391 e.